The van der Waals surface area contributed by atoms with Crippen molar-refractivity contribution in [3.8, 4) is 0 Å². The molecule has 2 amide bonds. The number of nitrogens with zero attached hydrogens (tertiary/aromatic N) is 5. The summed E-state index contributed by atoms with van der Waals surface area (Å²) in [5.41, 5.74) is 1.98. The number of hydrogen-bond donors (Lipinski definition) is 3. The smallest absolute Gasteiger partial charge is 0.322 e. The predicted molar refractivity (Wildman–Crippen MR) is 142 cm³/mol. The van der Waals surface area contributed by atoms with Gasteiger partial charge < -0.3 is 20.6 Å². The second-order valence-electron chi connectivity index (χ2n) is 11.1. The van der Waals surface area contributed by atoms with E-state index in [0.29, 0.717) is 19.6 Å². The van der Waals surface area contributed by atoms with E-state index < -0.39 is 5.97 Å². The highest BCUT2D eigenvalue weighted by atomic mass is 16.4. The van der Waals surface area contributed by atoms with E-state index in [1.807, 2.05) is 16.0 Å². The van der Waals surface area contributed by atoms with Crippen LogP contribution >= 0.6 is 0 Å². The number of guanidine groups is 1. The third kappa shape index (κ3) is 4.92. The van der Waals surface area contributed by atoms with Gasteiger partial charge in [-0.05, 0) is 52.3 Å². The zero-order chi connectivity index (χ0) is 26.2. The molecular weight excluding hydrogens is 470 g/mol. The molecule has 1 atom stereocenters. The molecule has 1 unspecified atom stereocenters. The normalized spacial score (nSPS) is 30.7. The number of rotatable bonds is 5. The van der Waals surface area contributed by atoms with Gasteiger partial charge in [-0.3, -0.25) is 19.5 Å². The van der Waals surface area contributed by atoms with Crippen LogP contribution in [-0.4, -0.2) is 108 Å². The molecule has 1 spiro atoms. The molecule has 0 aromatic heterocycles. The Bertz CT molecular complexity index is 1070. The van der Waals surface area contributed by atoms with Crippen molar-refractivity contribution in [2.24, 2.45) is 4.99 Å². The molecule has 1 aromatic rings. The lowest BCUT2D eigenvalue weighted by Crippen LogP contribution is -2.56. The highest BCUT2D eigenvalue weighted by Gasteiger charge is 2.51. The van der Waals surface area contributed by atoms with Gasteiger partial charge in [-0.25, -0.2) is 9.79 Å². The number of carboxylic acids is 1. The molecule has 3 fully saturated rings. The van der Waals surface area contributed by atoms with Crippen LogP contribution < -0.4 is 10.6 Å². The fraction of sp³-hybridized carbons (Fsp3) is 0.593. The molecule has 3 N–H and O–H groups in total. The Kier molecular flexibility index (Phi) is 6.89. The number of benzene rings is 1. The number of carboxylic acid groups (broad SMARTS) is 1. The lowest BCUT2D eigenvalue weighted by atomic mass is 9.69. The number of carbonyl (C=O) groups excluding carboxylic acids is 1. The van der Waals surface area contributed by atoms with Crippen LogP contribution in [0.3, 0.4) is 0 Å². The number of nitrogens with one attached hydrogen (secondary N) is 2. The van der Waals surface area contributed by atoms with Crippen LogP contribution in [0.4, 0.5) is 4.79 Å². The Morgan fingerprint density at radius 3 is 2.38 bits per heavy atom. The van der Waals surface area contributed by atoms with Crippen molar-refractivity contribution in [1.82, 2.24) is 30.2 Å². The van der Waals surface area contributed by atoms with E-state index >= 15 is 0 Å². The van der Waals surface area contributed by atoms with Gasteiger partial charge in [0.15, 0.2) is 5.96 Å². The van der Waals surface area contributed by atoms with E-state index in [1.165, 1.54) is 5.56 Å². The number of carbonyl (C=O) groups is 2. The van der Waals surface area contributed by atoms with Gasteiger partial charge in [0.05, 0.1) is 36.6 Å². The SMILES string of the molecule is CC1NC(N2CCN(CC(=O)O)CC2)=NC=C1N1C[C@]2(CC[C@](c3ccccc3)(N(C)C)CC2)NC1=O. The molecule has 10 heteroatoms. The van der Waals surface area contributed by atoms with Crippen LogP contribution in [0, 0.1) is 0 Å². The zero-order valence-corrected chi connectivity index (χ0v) is 22.1. The van der Waals surface area contributed by atoms with Gasteiger partial charge in [0.25, 0.3) is 0 Å². The van der Waals surface area contributed by atoms with Crippen LogP contribution in [0.15, 0.2) is 47.2 Å². The summed E-state index contributed by atoms with van der Waals surface area (Å²) >= 11 is 0. The minimum atomic E-state index is -0.796. The van der Waals surface area contributed by atoms with Gasteiger partial charge in [0.1, 0.15) is 0 Å². The summed E-state index contributed by atoms with van der Waals surface area (Å²) in [5.74, 6) is -0.00767. The number of aliphatic imine (C=N–C) groups is 1. The molecule has 200 valence electrons. The third-order valence-electron chi connectivity index (χ3n) is 8.73. The van der Waals surface area contributed by atoms with Gasteiger partial charge in [-0.1, -0.05) is 30.3 Å². The van der Waals surface area contributed by atoms with E-state index in [9.17, 15) is 9.59 Å². The van der Waals surface area contributed by atoms with Crippen LogP contribution in [0.25, 0.3) is 0 Å². The maximum Gasteiger partial charge on any atom is 0.322 e. The summed E-state index contributed by atoms with van der Waals surface area (Å²) in [6, 6.07) is 10.6. The number of hydrogen-bond acceptors (Lipinski definition) is 7. The minimum absolute atomic E-state index is 0.0166. The average molecular weight is 510 g/mol. The molecule has 2 saturated heterocycles. The summed E-state index contributed by atoms with van der Waals surface area (Å²) in [6.45, 7) is 5.60. The highest BCUT2D eigenvalue weighted by Crippen LogP contribution is 2.46. The Morgan fingerprint density at radius 2 is 1.78 bits per heavy atom. The van der Waals surface area contributed by atoms with Crippen molar-refractivity contribution in [2.45, 2.75) is 49.7 Å². The summed E-state index contributed by atoms with van der Waals surface area (Å²) in [5, 5.41) is 15.8. The molecule has 4 aliphatic rings. The highest BCUT2D eigenvalue weighted by molar-refractivity contribution is 5.84. The molecule has 37 heavy (non-hydrogen) atoms. The van der Waals surface area contributed by atoms with Crippen molar-refractivity contribution in [2.75, 3.05) is 53.4 Å². The first kappa shape index (κ1) is 25.5. The van der Waals surface area contributed by atoms with Gasteiger partial charge in [-0.15, -0.1) is 0 Å². The second kappa shape index (κ2) is 9.98. The molecule has 1 aromatic carbocycles. The molecule has 10 nitrogen and oxygen atoms in total. The van der Waals surface area contributed by atoms with Crippen molar-refractivity contribution < 1.29 is 14.7 Å². The maximum atomic E-state index is 13.2. The Morgan fingerprint density at radius 1 is 1.11 bits per heavy atom. The summed E-state index contributed by atoms with van der Waals surface area (Å²) in [4.78, 5) is 37.2. The first-order chi connectivity index (χ1) is 17.7. The summed E-state index contributed by atoms with van der Waals surface area (Å²) in [7, 11) is 4.32. The van der Waals surface area contributed by atoms with Crippen molar-refractivity contribution in [3.63, 3.8) is 0 Å². The number of urea groups is 1. The van der Waals surface area contributed by atoms with Crippen molar-refractivity contribution in [1.29, 1.82) is 0 Å². The standard InChI is InChI=1S/C27H39N7O3/c1-20-22(17-28-24(29-20)33-15-13-32(14-16-33)18-23(35)36)34-19-26(30-25(34)37)9-11-27(12-10-26,31(2)3)21-7-5-4-6-8-21/h4-8,17,20H,9-16,18-19H2,1-3H3,(H,28,29)(H,30,37)(H,35,36)/t20?,26-,27+. The quantitative estimate of drug-likeness (QED) is 0.555. The summed E-state index contributed by atoms with van der Waals surface area (Å²) < 4.78 is 0. The Labute approximate surface area is 219 Å². The molecule has 3 aliphatic heterocycles. The van der Waals surface area contributed by atoms with E-state index in [4.69, 9.17) is 5.11 Å². The molecule has 3 heterocycles. The number of piperazine rings is 1. The number of amides is 2. The van der Waals surface area contributed by atoms with E-state index in [0.717, 1.165) is 50.4 Å². The lowest BCUT2D eigenvalue weighted by Gasteiger charge is -2.48. The molecule has 1 saturated carbocycles. The average Bonchev–Trinajstić information content (AvgIpc) is 3.20. The monoisotopic (exact) mass is 509 g/mol. The topological polar surface area (TPSA) is 104 Å². The van der Waals surface area contributed by atoms with E-state index in [1.54, 1.807) is 0 Å². The Balaban J connectivity index is 1.25. The molecule has 0 radical (unpaired) electrons. The van der Waals surface area contributed by atoms with Crippen molar-refractivity contribution in [3.05, 3.63) is 47.8 Å². The van der Waals surface area contributed by atoms with E-state index in [-0.39, 0.29) is 29.7 Å². The lowest BCUT2D eigenvalue weighted by molar-refractivity contribution is -0.138. The van der Waals surface area contributed by atoms with Crippen LogP contribution in [0.2, 0.25) is 0 Å². The first-order valence-electron chi connectivity index (χ1n) is 13.3. The van der Waals surface area contributed by atoms with Crippen molar-refractivity contribution >= 4 is 18.0 Å². The summed E-state index contributed by atoms with van der Waals surface area (Å²) in [6.07, 6.45) is 5.65. The Hall–Kier alpha value is -3.11. The fourth-order valence-electron chi connectivity index (χ4n) is 6.41. The number of aliphatic carboxylic acids is 1. The second-order valence-corrected chi connectivity index (χ2v) is 11.1. The largest absolute Gasteiger partial charge is 0.480 e. The van der Waals surface area contributed by atoms with Gasteiger partial charge in [-0.2, -0.15) is 0 Å². The maximum absolute atomic E-state index is 13.2. The molecule has 5 rings (SSSR count). The predicted octanol–water partition coefficient (Wildman–Crippen LogP) is 1.67. The van der Waals surface area contributed by atoms with Crippen LogP contribution in [0.5, 0.6) is 0 Å². The zero-order valence-electron chi connectivity index (χ0n) is 22.1. The van der Waals surface area contributed by atoms with E-state index in [2.05, 4.69) is 76.8 Å². The van der Waals surface area contributed by atoms with Crippen LogP contribution in [-0.2, 0) is 10.3 Å². The van der Waals surface area contributed by atoms with Gasteiger partial charge in [0, 0.05) is 31.7 Å². The third-order valence-corrected chi connectivity index (χ3v) is 8.73. The molecular formula is C27H39N7O3. The molecule has 0 bridgehead atoms. The fourth-order valence-corrected chi connectivity index (χ4v) is 6.41. The minimum Gasteiger partial charge on any atom is -0.480 e. The molecule has 1 aliphatic carbocycles. The van der Waals surface area contributed by atoms with Crippen LogP contribution in [0.1, 0.15) is 38.2 Å². The van der Waals surface area contributed by atoms with Gasteiger partial charge >= 0.3 is 12.0 Å². The van der Waals surface area contributed by atoms with Gasteiger partial charge in [0.2, 0.25) is 0 Å². The first-order valence-corrected chi connectivity index (χ1v) is 13.3.